The Bertz CT molecular complexity index is 1710. The van der Waals surface area contributed by atoms with E-state index < -0.39 is 52.9 Å². The van der Waals surface area contributed by atoms with Crippen LogP contribution in [0.3, 0.4) is 0 Å². The average Bonchev–Trinajstić information content (AvgIpc) is 3.74. The van der Waals surface area contributed by atoms with Crippen LogP contribution in [0.15, 0.2) is 35.3 Å². The number of piperidine rings is 1. The molecule has 12 nitrogen and oxygen atoms in total. The van der Waals surface area contributed by atoms with Crippen LogP contribution in [0.1, 0.15) is 49.0 Å². The Balaban J connectivity index is 1.21. The number of hydrogen-bond donors (Lipinski definition) is 2. The molecule has 0 spiro atoms. The molecule has 3 unspecified atom stereocenters. The van der Waals surface area contributed by atoms with E-state index in [0.29, 0.717) is 19.4 Å². The summed E-state index contributed by atoms with van der Waals surface area (Å²) < 4.78 is 43.3. The third-order valence-corrected chi connectivity index (χ3v) is 8.01. The van der Waals surface area contributed by atoms with Gasteiger partial charge in [-0.1, -0.05) is 0 Å². The molecule has 0 bridgehead atoms. The van der Waals surface area contributed by atoms with Crippen molar-refractivity contribution in [3.8, 4) is 5.75 Å². The van der Waals surface area contributed by atoms with E-state index in [4.69, 9.17) is 15.2 Å². The third-order valence-electron chi connectivity index (χ3n) is 8.01. The lowest BCUT2D eigenvalue weighted by Crippen LogP contribution is -2.43. The summed E-state index contributed by atoms with van der Waals surface area (Å²) in [6.45, 7) is 1.92. The molecular formula is C29H29F2N5O7. The molecule has 2 aromatic heterocycles. The second-order valence-corrected chi connectivity index (χ2v) is 11.1. The fourth-order valence-electron chi connectivity index (χ4n) is 5.55. The molecule has 14 heteroatoms. The summed E-state index contributed by atoms with van der Waals surface area (Å²) in [6, 6.07) is 4.04. The number of hydrogen-bond acceptors (Lipinski definition) is 9. The predicted molar refractivity (Wildman–Crippen MR) is 150 cm³/mol. The van der Waals surface area contributed by atoms with Gasteiger partial charge in [0, 0.05) is 24.8 Å². The number of nitrogens with zero attached hydrogens (tertiary/aromatic N) is 4. The lowest BCUT2D eigenvalue weighted by atomic mass is 10.1. The number of pyridine rings is 2. The molecule has 1 amide bonds. The number of fused-ring (bicyclic) bond motifs is 1. The van der Waals surface area contributed by atoms with E-state index >= 15 is 8.78 Å². The number of rotatable bonds is 8. The fourth-order valence-corrected chi connectivity index (χ4v) is 5.55. The van der Waals surface area contributed by atoms with Crippen LogP contribution < -0.4 is 25.7 Å². The number of benzene rings is 1. The van der Waals surface area contributed by atoms with Crippen molar-refractivity contribution in [2.24, 2.45) is 5.73 Å². The SMILES string of the molecule is CC(=O)C(N)C1CN(c2ccc(OC3CCCN(c4nc5c(cc4F)c(=O)c(C(=O)O)cn5C4CC4)C3)c(F)c2)C(=O)O1. The van der Waals surface area contributed by atoms with Crippen molar-refractivity contribution >= 4 is 40.4 Å². The highest BCUT2D eigenvalue weighted by atomic mass is 19.1. The Hall–Kier alpha value is -4.59. The van der Waals surface area contributed by atoms with Crippen LogP contribution in [-0.4, -0.2) is 70.4 Å². The first-order chi connectivity index (χ1) is 20.5. The summed E-state index contributed by atoms with van der Waals surface area (Å²) in [7, 11) is 0. The molecule has 43 heavy (non-hydrogen) atoms. The van der Waals surface area contributed by atoms with E-state index in [1.165, 1.54) is 30.2 Å². The van der Waals surface area contributed by atoms with Gasteiger partial charge in [0.2, 0.25) is 5.43 Å². The van der Waals surface area contributed by atoms with Crippen LogP contribution >= 0.6 is 0 Å². The van der Waals surface area contributed by atoms with Gasteiger partial charge in [-0.25, -0.2) is 23.4 Å². The zero-order valence-electron chi connectivity index (χ0n) is 23.2. The summed E-state index contributed by atoms with van der Waals surface area (Å²) in [5, 5.41) is 9.36. The Morgan fingerprint density at radius 2 is 1.91 bits per heavy atom. The average molecular weight is 598 g/mol. The summed E-state index contributed by atoms with van der Waals surface area (Å²) >= 11 is 0. The van der Waals surface area contributed by atoms with Crippen LogP contribution in [0.2, 0.25) is 0 Å². The molecule has 1 aliphatic carbocycles. The van der Waals surface area contributed by atoms with E-state index in [0.717, 1.165) is 25.0 Å². The molecule has 1 aromatic carbocycles. The molecule has 1 saturated carbocycles. The highest BCUT2D eigenvalue weighted by molar-refractivity contribution is 5.92. The number of aromatic nitrogens is 2. The zero-order valence-corrected chi connectivity index (χ0v) is 23.2. The van der Waals surface area contributed by atoms with E-state index in [1.807, 2.05) is 0 Å². The number of amides is 1. The maximum absolute atomic E-state index is 15.4. The quantitative estimate of drug-likeness (QED) is 0.396. The van der Waals surface area contributed by atoms with Crippen molar-refractivity contribution in [3.05, 3.63) is 57.9 Å². The Morgan fingerprint density at radius 3 is 2.58 bits per heavy atom. The number of carbonyl (C=O) groups is 3. The molecule has 2 aliphatic heterocycles. The Labute approximate surface area is 243 Å². The van der Waals surface area contributed by atoms with Gasteiger partial charge in [-0.3, -0.25) is 14.5 Å². The number of ether oxygens (including phenoxy) is 2. The second-order valence-electron chi connectivity index (χ2n) is 11.1. The number of ketones is 1. The minimum atomic E-state index is -1.39. The summed E-state index contributed by atoms with van der Waals surface area (Å²) in [5.74, 6) is -3.27. The second kappa shape index (κ2) is 10.9. The van der Waals surface area contributed by atoms with Crippen LogP contribution in [0.4, 0.5) is 25.1 Å². The maximum atomic E-state index is 15.4. The number of aromatic carboxylic acids is 1. The number of halogens is 2. The monoisotopic (exact) mass is 597 g/mol. The van der Waals surface area contributed by atoms with Crippen molar-refractivity contribution in [3.63, 3.8) is 0 Å². The normalized spacial score (nSPS) is 21.2. The maximum Gasteiger partial charge on any atom is 0.414 e. The van der Waals surface area contributed by atoms with Gasteiger partial charge >= 0.3 is 12.1 Å². The van der Waals surface area contributed by atoms with Crippen molar-refractivity contribution < 1.29 is 37.7 Å². The van der Waals surface area contributed by atoms with E-state index in [9.17, 15) is 24.3 Å². The highest BCUT2D eigenvalue weighted by Gasteiger charge is 2.38. The first-order valence-electron chi connectivity index (χ1n) is 14.0. The molecule has 3 atom stereocenters. The van der Waals surface area contributed by atoms with E-state index in [-0.39, 0.29) is 53.2 Å². The molecule has 0 radical (unpaired) electrons. The first-order valence-corrected chi connectivity index (χ1v) is 14.0. The standard InChI is InChI=1S/C29H29F2N5O7/c1-14(37)24(32)23-13-36(29(41)43-23)16-6-7-22(20(30)9-16)42-17-3-2-8-34(11-17)27-21(31)10-18-25(38)19(28(39)40)12-35(15-4-5-15)26(18)33-27/h6-7,9-10,12,15,17,23-24H,2-5,8,11,13,32H2,1H3,(H,39,40). The zero-order chi connectivity index (χ0) is 30.6. The van der Waals surface area contributed by atoms with Crippen molar-refractivity contribution in [1.29, 1.82) is 0 Å². The Morgan fingerprint density at radius 1 is 1.14 bits per heavy atom. The smallest absolute Gasteiger partial charge is 0.414 e. The predicted octanol–water partition coefficient (Wildman–Crippen LogP) is 3.00. The van der Waals surface area contributed by atoms with Gasteiger partial charge in [0.15, 0.2) is 23.2 Å². The van der Waals surface area contributed by atoms with Gasteiger partial charge in [0.1, 0.15) is 35.2 Å². The van der Waals surface area contributed by atoms with Crippen LogP contribution in [0, 0.1) is 11.6 Å². The molecule has 226 valence electrons. The lowest BCUT2D eigenvalue weighted by Gasteiger charge is -2.34. The van der Waals surface area contributed by atoms with Crippen molar-refractivity contribution in [1.82, 2.24) is 9.55 Å². The molecule has 3 N–H and O–H groups in total. The number of Topliss-reactive ketones (excluding diaryl/α,β-unsaturated/α-hetero) is 1. The molecule has 6 rings (SSSR count). The van der Waals surface area contributed by atoms with Gasteiger partial charge in [0.05, 0.1) is 24.2 Å². The van der Waals surface area contributed by atoms with Gasteiger partial charge in [-0.15, -0.1) is 0 Å². The fraction of sp³-hybridized carbons (Fsp3) is 0.414. The number of carboxylic acids is 1. The number of carboxylic acid groups (broad SMARTS) is 1. The molecule has 3 fully saturated rings. The molecule has 4 heterocycles. The largest absolute Gasteiger partial charge is 0.486 e. The number of anilines is 2. The molecule has 3 aromatic rings. The first kappa shape index (κ1) is 28.5. The van der Waals surface area contributed by atoms with Gasteiger partial charge in [0.25, 0.3) is 0 Å². The lowest BCUT2D eigenvalue weighted by molar-refractivity contribution is -0.120. The summed E-state index contributed by atoms with van der Waals surface area (Å²) in [4.78, 5) is 55.6. The van der Waals surface area contributed by atoms with Crippen LogP contribution in [0.5, 0.6) is 5.75 Å². The summed E-state index contributed by atoms with van der Waals surface area (Å²) in [6.07, 6.45) is 1.89. The van der Waals surface area contributed by atoms with Crippen molar-refractivity contribution in [2.75, 3.05) is 29.4 Å². The number of cyclic esters (lactones) is 1. The van der Waals surface area contributed by atoms with E-state index in [2.05, 4.69) is 4.98 Å². The minimum Gasteiger partial charge on any atom is -0.486 e. The molecular weight excluding hydrogens is 568 g/mol. The van der Waals surface area contributed by atoms with Crippen molar-refractivity contribution in [2.45, 2.75) is 56.9 Å². The third kappa shape index (κ3) is 5.38. The molecule has 3 aliphatic rings. The van der Waals surface area contributed by atoms with Crippen LogP contribution in [0.25, 0.3) is 11.0 Å². The number of nitrogens with two attached hydrogens (primary N) is 1. The topological polar surface area (TPSA) is 157 Å². The summed E-state index contributed by atoms with van der Waals surface area (Å²) in [5.41, 5.74) is 5.00. The molecule has 2 saturated heterocycles. The van der Waals surface area contributed by atoms with Crippen LogP contribution in [-0.2, 0) is 9.53 Å². The minimum absolute atomic E-state index is 0.000589. The van der Waals surface area contributed by atoms with Gasteiger partial charge in [-0.05, 0) is 50.8 Å². The Kier molecular flexibility index (Phi) is 7.24. The van der Waals surface area contributed by atoms with Gasteiger partial charge < -0.3 is 29.8 Å². The number of carbonyl (C=O) groups excluding carboxylic acids is 2. The van der Waals surface area contributed by atoms with Gasteiger partial charge in [-0.2, -0.15) is 0 Å². The van der Waals surface area contributed by atoms with E-state index in [1.54, 1.807) is 9.47 Å². The highest BCUT2D eigenvalue weighted by Crippen LogP contribution is 2.37.